The average Bonchev–Trinajstić information content (AvgIpc) is 2.69. The summed E-state index contributed by atoms with van der Waals surface area (Å²) in [5.41, 5.74) is 1.20. The normalized spacial score (nSPS) is 29.2. The summed E-state index contributed by atoms with van der Waals surface area (Å²) in [6, 6.07) is 0.766. The Kier molecular flexibility index (Phi) is 3.09. The van der Waals surface area contributed by atoms with Crippen LogP contribution >= 0.6 is 11.3 Å². The van der Waals surface area contributed by atoms with Crippen LogP contribution in [0.25, 0.3) is 0 Å². The minimum Gasteiger partial charge on any atom is -0.348 e. The van der Waals surface area contributed by atoms with E-state index in [1.165, 1.54) is 54.6 Å². The number of aryl methyl sites for hydroxylation is 2. The van der Waals surface area contributed by atoms with Gasteiger partial charge in [-0.3, -0.25) is 0 Å². The molecule has 3 rings (SSSR count). The first-order chi connectivity index (χ1) is 8.24. The molecule has 3 heterocycles. The van der Waals surface area contributed by atoms with Gasteiger partial charge in [0.25, 0.3) is 0 Å². The van der Waals surface area contributed by atoms with Gasteiger partial charge in [-0.2, -0.15) is 0 Å². The van der Waals surface area contributed by atoms with Crippen molar-refractivity contribution < 1.29 is 0 Å². The van der Waals surface area contributed by atoms with Crippen molar-refractivity contribution in [2.45, 2.75) is 39.2 Å². The summed E-state index contributed by atoms with van der Waals surface area (Å²) in [5, 5.41) is 4.91. The van der Waals surface area contributed by atoms with Crippen LogP contribution in [0.15, 0.2) is 0 Å². The van der Waals surface area contributed by atoms with Crippen molar-refractivity contribution in [1.29, 1.82) is 0 Å². The molecule has 0 bridgehead atoms. The first-order valence-electron chi connectivity index (χ1n) is 6.66. The van der Waals surface area contributed by atoms with Crippen molar-refractivity contribution in [1.82, 2.24) is 10.3 Å². The van der Waals surface area contributed by atoms with Gasteiger partial charge in [0.2, 0.25) is 0 Å². The summed E-state index contributed by atoms with van der Waals surface area (Å²) in [4.78, 5) is 8.56. The molecule has 0 amide bonds. The Labute approximate surface area is 107 Å². The highest BCUT2D eigenvalue weighted by Crippen LogP contribution is 2.31. The van der Waals surface area contributed by atoms with Crippen LogP contribution in [0.1, 0.15) is 29.8 Å². The maximum Gasteiger partial charge on any atom is 0.185 e. The minimum atomic E-state index is 0.766. The molecular weight excluding hydrogens is 230 g/mol. The third kappa shape index (κ3) is 2.20. The molecule has 1 aromatic heterocycles. The maximum atomic E-state index is 4.70. The average molecular weight is 251 g/mol. The zero-order chi connectivity index (χ0) is 11.8. The van der Waals surface area contributed by atoms with Crippen molar-refractivity contribution in [2.24, 2.45) is 5.92 Å². The lowest BCUT2D eigenvalue weighted by molar-refractivity contribution is 0.244. The molecule has 3 nitrogen and oxygen atoms in total. The standard InChI is InChI=1S/C13H21N3S/c1-9-10(2)17-13(15-9)16-7-5-12-11(8-16)4-3-6-14-12/h11-12,14H,3-8H2,1-2H3. The van der Waals surface area contributed by atoms with Crippen molar-refractivity contribution in [3.05, 3.63) is 10.6 Å². The predicted molar refractivity (Wildman–Crippen MR) is 72.9 cm³/mol. The van der Waals surface area contributed by atoms with Gasteiger partial charge in [0, 0.05) is 24.0 Å². The van der Waals surface area contributed by atoms with Crippen LogP contribution in [0.4, 0.5) is 5.13 Å². The number of hydrogen-bond acceptors (Lipinski definition) is 4. The summed E-state index contributed by atoms with van der Waals surface area (Å²) in [6.07, 6.45) is 4.00. The molecule has 0 aromatic carbocycles. The summed E-state index contributed by atoms with van der Waals surface area (Å²) >= 11 is 1.85. The molecule has 1 N–H and O–H groups in total. The van der Waals surface area contributed by atoms with Gasteiger partial charge in [-0.05, 0) is 45.6 Å². The summed E-state index contributed by atoms with van der Waals surface area (Å²) in [6.45, 7) is 7.87. The van der Waals surface area contributed by atoms with Gasteiger partial charge in [0.1, 0.15) is 0 Å². The Morgan fingerprint density at radius 3 is 3.00 bits per heavy atom. The zero-order valence-corrected chi connectivity index (χ0v) is 11.5. The van der Waals surface area contributed by atoms with E-state index in [-0.39, 0.29) is 0 Å². The number of rotatable bonds is 1. The van der Waals surface area contributed by atoms with Crippen molar-refractivity contribution >= 4 is 16.5 Å². The topological polar surface area (TPSA) is 28.2 Å². The Hall–Kier alpha value is -0.610. The fourth-order valence-corrected chi connectivity index (χ4v) is 3.95. The molecule has 2 aliphatic heterocycles. The lowest BCUT2D eigenvalue weighted by Gasteiger charge is -2.41. The van der Waals surface area contributed by atoms with E-state index in [1.807, 2.05) is 11.3 Å². The second-order valence-corrected chi connectivity index (χ2v) is 6.52. The molecule has 1 aromatic rings. The number of aromatic nitrogens is 1. The van der Waals surface area contributed by atoms with Crippen LogP contribution < -0.4 is 10.2 Å². The first-order valence-corrected chi connectivity index (χ1v) is 7.48. The van der Waals surface area contributed by atoms with Crippen LogP contribution in [0.3, 0.4) is 0 Å². The monoisotopic (exact) mass is 251 g/mol. The number of piperidine rings is 2. The molecule has 94 valence electrons. The number of hydrogen-bond donors (Lipinski definition) is 1. The third-order valence-electron chi connectivity index (χ3n) is 4.18. The zero-order valence-electron chi connectivity index (χ0n) is 10.7. The Balaban J connectivity index is 1.73. The van der Waals surface area contributed by atoms with E-state index in [1.54, 1.807) is 0 Å². The van der Waals surface area contributed by atoms with E-state index in [2.05, 4.69) is 24.1 Å². The highest BCUT2D eigenvalue weighted by molar-refractivity contribution is 7.15. The van der Waals surface area contributed by atoms with Gasteiger partial charge in [-0.25, -0.2) is 4.98 Å². The Bertz CT molecular complexity index is 382. The van der Waals surface area contributed by atoms with Crippen molar-refractivity contribution in [3.63, 3.8) is 0 Å². The Morgan fingerprint density at radius 2 is 2.24 bits per heavy atom. The van der Waals surface area contributed by atoms with E-state index < -0.39 is 0 Å². The van der Waals surface area contributed by atoms with E-state index in [9.17, 15) is 0 Å². The molecular formula is C13H21N3S. The van der Waals surface area contributed by atoms with E-state index in [0.717, 1.165) is 12.0 Å². The molecule has 4 heteroatoms. The van der Waals surface area contributed by atoms with Crippen molar-refractivity contribution in [3.8, 4) is 0 Å². The molecule has 2 saturated heterocycles. The van der Waals surface area contributed by atoms with Crippen LogP contribution in [-0.4, -0.2) is 30.7 Å². The van der Waals surface area contributed by atoms with Crippen molar-refractivity contribution in [2.75, 3.05) is 24.5 Å². The quantitative estimate of drug-likeness (QED) is 0.830. The molecule has 2 fully saturated rings. The van der Waals surface area contributed by atoms with Gasteiger partial charge < -0.3 is 10.2 Å². The number of nitrogens with one attached hydrogen (secondary N) is 1. The molecule has 0 saturated carbocycles. The summed E-state index contributed by atoms with van der Waals surface area (Å²) in [7, 11) is 0. The number of fused-ring (bicyclic) bond motifs is 1. The van der Waals surface area contributed by atoms with Crippen LogP contribution in [0.2, 0.25) is 0 Å². The molecule has 17 heavy (non-hydrogen) atoms. The number of nitrogens with zero attached hydrogens (tertiary/aromatic N) is 2. The SMILES string of the molecule is Cc1nc(N2CCC3NCCCC3C2)sc1C. The lowest BCUT2D eigenvalue weighted by atomic mass is 9.86. The fourth-order valence-electron chi connectivity index (χ4n) is 3.01. The van der Waals surface area contributed by atoms with E-state index in [4.69, 9.17) is 4.98 Å². The highest BCUT2D eigenvalue weighted by atomic mass is 32.1. The fraction of sp³-hybridized carbons (Fsp3) is 0.769. The molecule has 0 radical (unpaired) electrons. The van der Waals surface area contributed by atoms with Gasteiger partial charge in [-0.1, -0.05) is 0 Å². The maximum absolute atomic E-state index is 4.70. The van der Waals surface area contributed by atoms with Gasteiger partial charge in [0.05, 0.1) is 5.69 Å². The van der Waals surface area contributed by atoms with Gasteiger partial charge in [-0.15, -0.1) is 11.3 Å². The van der Waals surface area contributed by atoms with E-state index in [0.29, 0.717) is 0 Å². The van der Waals surface area contributed by atoms with Crippen LogP contribution in [0, 0.1) is 19.8 Å². The molecule has 0 aliphatic carbocycles. The number of anilines is 1. The molecule has 2 atom stereocenters. The van der Waals surface area contributed by atoms with Gasteiger partial charge >= 0.3 is 0 Å². The second-order valence-electron chi connectivity index (χ2n) is 5.34. The number of thiazole rings is 1. The highest BCUT2D eigenvalue weighted by Gasteiger charge is 2.31. The first kappa shape index (κ1) is 11.5. The smallest absolute Gasteiger partial charge is 0.185 e. The van der Waals surface area contributed by atoms with E-state index >= 15 is 0 Å². The third-order valence-corrected chi connectivity index (χ3v) is 5.31. The minimum absolute atomic E-state index is 0.766. The molecule has 2 aliphatic rings. The molecule has 0 spiro atoms. The summed E-state index contributed by atoms with van der Waals surface area (Å²) < 4.78 is 0. The largest absolute Gasteiger partial charge is 0.348 e. The van der Waals surface area contributed by atoms with Gasteiger partial charge in [0.15, 0.2) is 5.13 Å². The van der Waals surface area contributed by atoms with Crippen LogP contribution in [-0.2, 0) is 0 Å². The lowest BCUT2D eigenvalue weighted by Crippen LogP contribution is -2.52. The second kappa shape index (κ2) is 4.58. The van der Waals surface area contributed by atoms with Crippen LogP contribution in [0.5, 0.6) is 0 Å². The predicted octanol–water partition coefficient (Wildman–Crippen LogP) is 2.34. The Morgan fingerprint density at radius 1 is 1.35 bits per heavy atom. The molecule has 2 unspecified atom stereocenters. The summed E-state index contributed by atoms with van der Waals surface area (Å²) in [5.74, 6) is 0.835.